The van der Waals surface area contributed by atoms with E-state index in [4.69, 9.17) is 29.0 Å². The maximum Gasteiger partial charge on any atom is 0.459 e. The van der Waals surface area contributed by atoms with Gasteiger partial charge in [0.15, 0.2) is 11.2 Å². The van der Waals surface area contributed by atoms with Crippen LogP contribution in [0.4, 0.5) is 5.95 Å². The summed E-state index contributed by atoms with van der Waals surface area (Å²) in [5, 5.41) is 2.69. The van der Waals surface area contributed by atoms with Crippen LogP contribution in [0.5, 0.6) is 11.6 Å². The van der Waals surface area contributed by atoms with Gasteiger partial charge in [0.25, 0.3) is 0 Å². The summed E-state index contributed by atoms with van der Waals surface area (Å²) >= 11 is 0. The van der Waals surface area contributed by atoms with E-state index in [-0.39, 0.29) is 30.5 Å². The number of rotatable bonds is 11. The first-order valence-corrected chi connectivity index (χ1v) is 13.8. The summed E-state index contributed by atoms with van der Waals surface area (Å²) in [5.41, 5.74) is 6.79. The predicted molar refractivity (Wildman–Crippen MR) is 138 cm³/mol. The number of nitrogen functional groups attached to an aromatic ring is 1. The lowest BCUT2D eigenvalue weighted by molar-refractivity contribution is -0.149. The Balaban J connectivity index is 1.48. The minimum atomic E-state index is -4.01. The third kappa shape index (κ3) is 6.41. The Kier molecular flexibility index (Phi) is 8.51. The van der Waals surface area contributed by atoms with Crippen molar-refractivity contribution in [2.24, 2.45) is 5.92 Å². The molecular weight excluding hydrogens is 515 g/mol. The predicted octanol–water partition coefficient (Wildman–Crippen LogP) is 3.47. The van der Waals surface area contributed by atoms with Gasteiger partial charge in [-0.1, -0.05) is 25.1 Å². The third-order valence-electron chi connectivity index (χ3n) is 5.78. The molecule has 1 saturated heterocycles. The van der Waals surface area contributed by atoms with Gasteiger partial charge in [-0.2, -0.15) is 15.1 Å². The van der Waals surface area contributed by atoms with Crippen LogP contribution in [0.2, 0.25) is 0 Å². The summed E-state index contributed by atoms with van der Waals surface area (Å²) in [7, 11) is -2.53. The highest BCUT2D eigenvalue weighted by Crippen LogP contribution is 2.46. The topological polar surface area (TPSA) is 162 Å². The fraction of sp³-hybridized carbons (Fsp3) is 0.500. The van der Waals surface area contributed by atoms with Crippen LogP contribution in [0.1, 0.15) is 40.3 Å². The van der Waals surface area contributed by atoms with Gasteiger partial charge >= 0.3 is 13.7 Å². The van der Waals surface area contributed by atoms with Crippen molar-refractivity contribution in [3.63, 3.8) is 0 Å². The van der Waals surface area contributed by atoms with E-state index in [1.807, 2.05) is 6.92 Å². The second-order valence-electron chi connectivity index (χ2n) is 9.31. The number of carbonyl (C=O) groups excluding carboxylic acids is 1. The Morgan fingerprint density at radius 3 is 2.68 bits per heavy atom. The minimum Gasteiger partial charge on any atom is -0.479 e. The molecule has 13 nitrogen and oxygen atoms in total. The van der Waals surface area contributed by atoms with Gasteiger partial charge < -0.3 is 24.5 Å². The molecule has 0 saturated carbocycles. The van der Waals surface area contributed by atoms with Gasteiger partial charge in [0, 0.05) is 5.92 Å². The van der Waals surface area contributed by atoms with Crippen LogP contribution in [-0.4, -0.2) is 57.5 Å². The number of anilines is 1. The Hall–Kier alpha value is -3.25. The number of carbonyl (C=O) groups is 1. The number of fused-ring (bicyclic) bond motifs is 1. The number of para-hydroxylation sites is 1. The summed E-state index contributed by atoms with van der Waals surface area (Å²) < 4.78 is 43.8. The highest BCUT2D eigenvalue weighted by molar-refractivity contribution is 7.52. The molecule has 206 valence electrons. The molecule has 3 N–H and O–H groups in total. The zero-order valence-corrected chi connectivity index (χ0v) is 22.8. The number of benzene rings is 1. The molecule has 1 aromatic carbocycles. The molecule has 1 aliphatic rings. The van der Waals surface area contributed by atoms with Crippen LogP contribution < -0.4 is 20.1 Å². The molecule has 0 unspecified atom stereocenters. The van der Waals surface area contributed by atoms with E-state index in [1.165, 1.54) is 14.0 Å². The second kappa shape index (κ2) is 11.6. The summed E-state index contributed by atoms with van der Waals surface area (Å²) in [5.74, 6) is 0.103. The van der Waals surface area contributed by atoms with Gasteiger partial charge in [0.1, 0.15) is 18.0 Å². The van der Waals surface area contributed by atoms with E-state index in [9.17, 15) is 9.36 Å². The Labute approximate surface area is 220 Å². The van der Waals surface area contributed by atoms with E-state index in [2.05, 4.69) is 20.0 Å². The third-order valence-corrected chi connectivity index (χ3v) is 7.43. The number of ether oxygens (including phenoxy) is 3. The van der Waals surface area contributed by atoms with E-state index in [0.717, 1.165) is 0 Å². The molecule has 0 amide bonds. The lowest BCUT2D eigenvalue weighted by atomic mass is 10.1. The second-order valence-corrected chi connectivity index (χ2v) is 11.0. The monoisotopic (exact) mass is 548 g/mol. The van der Waals surface area contributed by atoms with Crippen molar-refractivity contribution in [3.8, 4) is 11.6 Å². The van der Waals surface area contributed by atoms with Crippen molar-refractivity contribution >= 4 is 30.8 Å². The molecule has 4 rings (SSSR count). The molecule has 3 aromatic rings. The number of nitrogens with one attached hydrogen (secondary N) is 1. The van der Waals surface area contributed by atoms with E-state index >= 15 is 0 Å². The number of hydrogen-bond donors (Lipinski definition) is 2. The normalized spacial score (nSPS) is 21.8. The number of nitrogens with zero attached hydrogens (tertiary/aromatic N) is 4. The molecule has 0 radical (unpaired) electrons. The van der Waals surface area contributed by atoms with E-state index < -0.39 is 32.1 Å². The van der Waals surface area contributed by atoms with Gasteiger partial charge in [-0.25, -0.2) is 9.55 Å². The number of aromatic nitrogens is 4. The quantitative estimate of drug-likeness (QED) is 0.265. The number of hydrogen-bond acceptors (Lipinski definition) is 11. The van der Waals surface area contributed by atoms with Crippen molar-refractivity contribution in [2.45, 2.75) is 58.6 Å². The molecule has 1 aliphatic heterocycles. The first kappa shape index (κ1) is 27.8. The van der Waals surface area contributed by atoms with Gasteiger partial charge in [-0.3, -0.25) is 13.9 Å². The van der Waals surface area contributed by atoms with Crippen molar-refractivity contribution in [3.05, 3.63) is 36.7 Å². The lowest BCUT2D eigenvalue weighted by Crippen LogP contribution is -2.36. The van der Waals surface area contributed by atoms with Crippen LogP contribution in [-0.2, 0) is 23.4 Å². The molecule has 14 heteroatoms. The number of esters is 1. The van der Waals surface area contributed by atoms with Crippen molar-refractivity contribution in [1.82, 2.24) is 24.6 Å². The molecule has 38 heavy (non-hydrogen) atoms. The first-order valence-electron chi connectivity index (χ1n) is 12.3. The highest BCUT2D eigenvalue weighted by Gasteiger charge is 2.38. The molecule has 0 bridgehead atoms. The fourth-order valence-corrected chi connectivity index (χ4v) is 5.64. The standard InChI is InChI=1S/C24H33N6O7P/c1-14(2)35-23(31)16(4)29-38(32,37-17-9-7-6-8-10-17)34-12-18-11-15(3)22(36-18)30-13-26-19-20(30)27-24(25)28-21(19)33-5/h6-10,13-16,18,22H,11-12H2,1-5H3,(H,29,32)(H2,25,27,28)/t15-,16-,18-,22+,38-/m0/s1. The SMILES string of the molecule is COc1nc(N)nc2c1ncn2[C@@H]1O[C@H](CO[P@@](=O)(N[C@@H](C)C(=O)OC(C)C)Oc2ccccc2)C[C@@H]1C. The molecule has 3 heterocycles. The Morgan fingerprint density at radius 1 is 1.26 bits per heavy atom. The summed E-state index contributed by atoms with van der Waals surface area (Å²) in [6.45, 7) is 6.95. The van der Waals surface area contributed by atoms with Crippen LogP contribution in [0.25, 0.3) is 11.2 Å². The molecule has 5 atom stereocenters. The summed E-state index contributed by atoms with van der Waals surface area (Å²) in [6.07, 6.45) is 1.000. The first-order chi connectivity index (χ1) is 18.1. The smallest absolute Gasteiger partial charge is 0.459 e. The van der Waals surface area contributed by atoms with Gasteiger partial charge in [-0.15, -0.1) is 0 Å². The molecule has 2 aromatic heterocycles. The average Bonchev–Trinajstić information content (AvgIpc) is 3.45. The molecular formula is C24H33N6O7P. The van der Waals surface area contributed by atoms with Crippen molar-refractivity contribution < 1.29 is 32.6 Å². The van der Waals surface area contributed by atoms with E-state index in [0.29, 0.717) is 23.3 Å². The Morgan fingerprint density at radius 2 is 2.00 bits per heavy atom. The number of methoxy groups -OCH3 is 1. The zero-order valence-electron chi connectivity index (χ0n) is 21.9. The maximum absolute atomic E-state index is 13.7. The van der Waals surface area contributed by atoms with E-state index in [1.54, 1.807) is 55.1 Å². The fourth-order valence-electron chi connectivity index (χ4n) is 4.12. The molecule has 1 fully saturated rings. The zero-order chi connectivity index (χ0) is 27.4. The van der Waals surface area contributed by atoms with Crippen LogP contribution in [0, 0.1) is 5.92 Å². The van der Waals surface area contributed by atoms with Gasteiger partial charge in [0.2, 0.25) is 11.8 Å². The molecule has 0 aliphatic carbocycles. The summed E-state index contributed by atoms with van der Waals surface area (Å²) in [6, 6.07) is 7.62. The number of imidazole rings is 1. The lowest BCUT2D eigenvalue weighted by Gasteiger charge is -2.24. The number of nitrogens with two attached hydrogens (primary N) is 1. The van der Waals surface area contributed by atoms with Crippen molar-refractivity contribution in [1.29, 1.82) is 0 Å². The average molecular weight is 549 g/mol. The Bertz CT molecular complexity index is 1300. The minimum absolute atomic E-state index is 0.0329. The van der Waals surface area contributed by atoms with Crippen LogP contribution in [0.15, 0.2) is 36.7 Å². The largest absolute Gasteiger partial charge is 0.479 e. The maximum atomic E-state index is 13.7. The van der Waals surface area contributed by atoms with Crippen molar-refractivity contribution in [2.75, 3.05) is 19.5 Å². The van der Waals surface area contributed by atoms with Crippen LogP contribution in [0.3, 0.4) is 0 Å². The van der Waals surface area contributed by atoms with Gasteiger partial charge in [-0.05, 0) is 39.3 Å². The molecule has 0 spiro atoms. The van der Waals surface area contributed by atoms with Crippen LogP contribution >= 0.6 is 7.75 Å². The highest BCUT2D eigenvalue weighted by atomic mass is 31.2. The summed E-state index contributed by atoms with van der Waals surface area (Å²) in [4.78, 5) is 25.1. The van der Waals surface area contributed by atoms with Gasteiger partial charge in [0.05, 0.1) is 32.3 Å².